The van der Waals surface area contributed by atoms with Gasteiger partial charge in [0.15, 0.2) is 0 Å². The number of rotatable bonds is 2. The minimum absolute atomic E-state index is 0.669. The summed E-state index contributed by atoms with van der Waals surface area (Å²) < 4.78 is 0. The van der Waals surface area contributed by atoms with Gasteiger partial charge in [-0.25, -0.2) is 4.98 Å². The van der Waals surface area contributed by atoms with Crippen molar-refractivity contribution in [2.75, 3.05) is 6.26 Å². The van der Waals surface area contributed by atoms with Crippen molar-refractivity contribution in [1.82, 2.24) is 15.2 Å². The Morgan fingerprint density at radius 1 is 1.20 bits per heavy atom. The molecule has 0 saturated carbocycles. The maximum Gasteiger partial charge on any atom is 0.209 e. The molecule has 0 unspecified atom stereocenters. The minimum Gasteiger partial charge on any atom is -0.219 e. The summed E-state index contributed by atoms with van der Waals surface area (Å²) >= 11 is 7.28. The molecule has 0 atom stereocenters. The molecule has 1 aromatic heterocycles. The van der Waals surface area contributed by atoms with Gasteiger partial charge in [0.05, 0.1) is 11.9 Å². The van der Waals surface area contributed by atoms with Gasteiger partial charge in [0.2, 0.25) is 5.16 Å². The van der Waals surface area contributed by atoms with E-state index >= 15 is 0 Å². The fourth-order valence-corrected chi connectivity index (χ4v) is 1.58. The third kappa shape index (κ3) is 2.46. The van der Waals surface area contributed by atoms with Crippen molar-refractivity contribution in [2.45, 2.75) is 5.16 Å². The summed E-state index contributed by atoms with van der Waals surface area (Å²) in [6, 6.07) is 7.49. The molecule has 76 valence electrons. The number of thioether (sulfide) groups is 1. The van der Waals surface area contributed by atoms with Crippen molar-refractivity contribution >= 4 is 23.4 Å². The van der Waals surface area contributed by atoms with Crippen molar-refractivity contribution in [3.8, 4) is 11.3 Å². The maximum atomic E-state index is 5.81. The Hall–Kier alpha value is -1.13. The molecule has 0 radical (unpaired) electrons. The summed E-state index contributed by atoms with van der Waals surface area (Å²) in [5.74, 6) is 0. The predicted octanol–water partition coefficient (Wildman–Crippen LogP) is 2.91. The van der Waals surface area contributed by atoms with Crippen molar-refractivity contribution in [2.24, 2.45) is 0 Å². The summed E-state index contributed by atoms with van der Waals surface area (Å²) in [4.78, 5) is 4.34. The molecule has 2 aromatic rings. The van der Waals surface area contributed by atoms with Crippen LogP contribution >= 0.6 is 23.4 Å². The van der Waals surface area contributed by atoms with Crippen molar-refractivity contribution in [3.05, 3.63) is 35.5 Å². The highest BCUT2D eigenvalue weighted by Gasteiger charge is 2.02. The molecule has 0 bridgehead atoms. The SMILES string of the molecule is CSc1nncc(-c2ccc(Cl)cc2)n1. The monoisotopic (exact) mass is 237 g/mol. The number of hydrogen-bond acceptors (Lipinski definition) is 4. The van der Waals surface area contributed by atoms with E-state index in [9.17, 15) is 0 Å². The first-order chi connectivity index (χ1) is 7.29. The Bertz CT molecular complexity index is 458. The topological polar surface area (TPSA) is 38.7 Å². The van der Waals surface area contributed by atoms with Crippen LogP contribution in [-0.4, -0.2) is 21.4 Å². The lowest BCUT2D eigenvalue weighted by molar-refractivity contribution is 0.846. The van der Waals surface area contributed by atoms with Crippen LogP contribution in [0.25, 0.3) is 11.3 Å². The number of hydrogen-bond donors (Lipinski definition) is 0. The molecule has 2 rings (SSSR count). The van der Waals surface area contributed by atoms with E-state index in [-0.39, 0.29) is 0 Å². The fraction of sp³-hybridized carbons (Fsp3) is 0.100. The summed E-state index contributed by atoms with van der Waals surface area (Å²) in [6.45, 7) is 0. The number of halogens is 1. The lowest BCUT2D eigenvalue weighted by Gasteiger charge is -2.00. The van der Waals surface area contributed by atoms with E-state index in [2.05, 4.69) is 15.2 Å². The number of nitrogens with zero attached hydrogens (tertiary/aromatic N) is 3. The van der Waals surface area contributed by atoms with E-state index in [1.807, 2.05) is 30.5 Å². The lowest BCUT2D eigenvalue weighted by atomic mass is 10.2. The third-order valence-electron chi connectivity index (χ3n) is 1.86. The molecule has 0 aliphatic rings. The minimum atomic E-state index is 0.669. The second-order valence-electron chi connectivity index (χ2n) is 2.84. The molecule has 0 N–H and O–H groups in total. The van der Waals surface area contributed by atoms with Crippen LogP contribution < -0.4 is 0 Å². The van der Waals surface area contributed by atoms with Gasteiger partial charge in [-0.3, -0.25) is 0 Å². The third-order valence-corrected chi connectivity index (χ3v) is 2.65. The zero-order chi connectivity index (χ0) is 10.7. The smallest absolute Gasteiger partial charge is 0.209 e. The molecule has 0 spiro atoms. The maximum absolute atomic E-state index is 5.81. The quantitative estimate of drug-likeness (QED) is 0.753. The molecular formula is C10H8ClN3S. The van der Waals surface area contributed by atoms with Crippen LogP contribution in [0.3, 0.4) is 0 Å². The van der Waals surface area contributed by atoms with Crippen molar-refractivity contribution in [3.63, 3.8) is 0 Å². The van der Waals surface area contributed by atoms with Crippen LogP contribution in [0.2, 0.25) is 5.02 Å². The summed E-state index contributed by atoms with van der Waals surface area (Å²) in [7, 11) is 0. The van der Waals surface area contributed by atoms with Crippen LogP contribution in [-0.2, 0) is 0 Å². The van der Waals surface area contributed by atoms with Gasteiger partial charge < -0.3 is 0 Å². The van der Waals surface area contributed by atoms with E-state index in [1.165, 1.54) is 11.8 Å². The van der Waals surface area contributed by atoms with Crippen LogP contribution in [0.5, 0.6) is 0 Å². The molecule has 1 heterocycles. The van der Waals surface area contributed by atoms with E-state index in [4.69, 9.17) is 11.6 Å². The Morgan fingerprint density at radius 3 is 2.60 bits per heavy atom. The van der Waals surface area contributed by atoms with Crippen LogP contribution in [0, 0.1) is 0 Å². The Kier molecular flexibility index (Phi) is 3.18. The van der Waals surface area contributed by atoms with Crippen molar-refractivity contribution in [1.29, 1.82) is 0 Å². The van der Waals surface area contributed by atoms with Gasteiger partial charge in [-0.2, -0.15) is 5.10 Å². The standard InChI is InChI=1S/C10H8ClN3S/c1-15-10-13-9(6-12-14-10)7-2-4-8(11)5-3-7/h2-6H,1H3. The Balaban J connectivity index is 2.40. The van der Waals surface area contributed by atoms with Gasteiger partial charge >= 0.3 is 0 Å². The summed E-state index contributed by atoms with van der Waals surface area (Å²) in [5.41, 5.74) is 1.80. The molecule has 0 aliphatic heterocycles. The van der Waals surface area contributed by atoms with E-state index in [0.29, 0.717) is 10.2 Å². The highest BCUT2D eigenvalue weighted by atomic mass is 35.5. The van der Waals surface area contributed by atoms with Crippen molar-refractivity contribution < 1.29 is 0 Å². The largest absolute Gasteiger partial charge is 0.219 e. The molecule has 15 heavy (non-hydrogen) atoms. The molecular weight excluding hydrogens is 230 g/mol. The van der Waals surface area contributed by atoms with Gasteiger partial charge in [0, 0.05) is 10.6 Å². The highest BCUT2D eigenvalue weighted by Crippen LogP contribution is 2.20. The summed E-state index contributed by atoms with van der Waals surface area (Å²) in [5, 5.41) is 9.15. The van der Waals surface area contributed by atoms with Gasteiger partial charge in [0.25, 0.3) is 0 Å². The van der Waals surface area contributed by atoms with E-state index < -0.39 is 0 Å². The number of benzene rings is 1. The molecule has 0 aliphatic carbocycles. The molecule has 5 heteroatoms. The van der Waals surface area contributed by atoms with Gasteiger partial charge in [-0.15, -0.1) is 5.10 Å². The average Bonchev–Trinajstić information content (AvgIpc) is 2.30. The summed E-state index contributed by atoms with van der Waals surface area (Å²) in [6.07, 6.45) is 3.56. The van der Waals surface area contributed by atoms with E-state index in [0.717, 1.165) is 11.3 Å². The molecule has 0 fully saturated rings. The van der Waals surface area contributed by atoms with Gasteiger partial charge in [0.1, 0.15) is 0 Å². The zero-order valence-electron chi connectivity index (χ0n) is 8.01. The predicted molar refractivity (Wildman–Crippen MR) is 62.1 cm³/mol. The second kappa shape index (κ2) is 4.59. The zero-order valence-corrected chi connectivity index (χ0v) is 9.59. The Morgan fingerprint density at radius 2 is 1.93 bits per heavy atom. The number of aromatic nitrogens is 3. The second-order valence-corrected chi connectivity index (χ2v) is 4.05. The van der Waals surface area contributed by atoms with Gasteiger partial charge in [-0.05, 0) is 18.4 Å². The molecule has 0 saturated heterocycles. The fourth-order valence-electron chi connectivity index (χ4n) is 1.13. The molecule has 3 nitrogen and oxygen atoms in total. The van der Waals surface area contributed by atoms with Crippen LogP contribution in [0.4, 0.5) is 0 Å². The van der Waals surface area contributed by atoms with Crippen LogP contribution in [0.1, 0.15) is 0 Å². The molecule has 0 amide bonds. The lowest BCUT2D eigenvalue weighted by Crippen LogP contribution is -1.92. The normalized spacial score (nSPS) is 10.3. The first-order valence-electron chi connectivity index (χ1n) is 4.29. The van der Waals surface area contributed by atoms with E-state index in [1.54, 1.807) is 6.20 Å². The average molecular weight is 238 g/mol. The van der Waals surface area contributed by atoms with Gasteiger partial charge in [-0.1, -0.05) is 35.5 Å². The molecule has 1 aromatic carbocycles. The first kappa shape index (κ1) is 10.4. The Labute approximate surface area is 96.9 Å². The van der Waals surface area contributed by atoms with Crippen LogP contribution in [0.15, 0.2) is 35.6 Å². The first-order valence-corrected chi connectivity index (χ1v) is 5.89. The highest BCUT2D eigenvalue weighted by molar-refractivity contribution is 7.98.